The first kappa shape index (κ1) is 28.9. The van der Waals surface area contributed by atoms with Crippen LogP contribution in [-0.4, -0.2) is 67.1 Å². The predicted molar refractivity (Wildman–Crippen MR) is 145 cm³/mol. The molecule has 1 heterocycles. The lowest BCUT2D eigenvalue weighted by molar-refractivity contribution is -0.0575. The maximum atomic E-state index is 12.8. The van der Waals surface area contributed by atoms with Gasteiger partial charge in [-0.25, -0.2) is 4.79 Å². The van der Waals surface area contributed by atoms with Crippen LogP contribution >= 0.6 is 0 Å². The fourth-order valence-corrected chi connectivity index (χ4v) is 5.08. The number of methoxy groups -OCH3 is 1. The normalized spacial score (nSPS) is 18.2. The molecule has 2 aromatic carbocycles. The van der Waals surface area contributed by atoms with Crippen LogP contribution in [0.1, 0.15) is 50.2 Å². The molecule has 0 radical (unpaired) electrons. The molecule has 1 aliphatic heterocycles. The molecule has 0 spiro atoms. The molecule has 37 heavy (non-hydrogen) atoms. The summed E-state index contributed by atoms with van der Waals surface area (Å²) in [4.78, 5) is 14.6. The van der Waals surface area contributed by atoms with E-state index in [1.807, 2.05) is 48.5 Å². The zero-order valence-electron chi connectivity index (χ0n) is 22.2. The summed E-state index contributed by atoms with van der Waals surface area (Å²) in [5.41, 5.74) is 6.11. The van der Waals surface area contributed by atoms with Crippen LogP contribution in [0.3, 0.4) is 0 Å². The standard InChI is InChI=1S/C29H43N3O5/c1-3-22-11-4-6-14-26(22)37-27-15-7-5-13-25(27)29(35,16-8-9-18-36-2)23-12-10-17-32(21-23)28(34)31-20-24(33)19-30/h4-7,11,13-15,23-24,33,35H,3,8-10,12,16-21,30H2,1-2H3,(H,31,34)/t23-,24+,29+/m1/s1. The van der Waals surface area contributed by atoms with E-state index in [2.05, 4.69) is 12.2 Å². The van der Waals surface area contributed by atoms with Crippen molar-refractivity contribution in [3.05, 3.63) is 59.7 Å². The number of unbranched alkanes of at least 4 members (excludes halogenated alkanes) is 1. The van der Waals surface area contributed by atoms with E-state index < -0.39 is 11.7 Å². The third-order valence-corrected chi connectivity index (χ3v) is 7.23. The van der Waals surface area contributed by atoms with Crippen LogP contribution in [0, 0.1) is 5.92 Å². The van der Waals surface area contributed by atoms with Gasteiger partial charge in [0.1, 0.15) is 11.5 Å². The van der Waals surface area contributed by atoms with Crippen molar-refractivity contribution in [3.63, 3.8) is 0 Å². The highest BCUT2D eigenvalue weighted by atomic mass is 16.5. The number of urea groups is 1. The second-order valence-electron chi connectivity index (χ2n) is 9.79. The highest BCUT2D eigenvalue weighted by molar-refractivity contribution is 5.74. The molecule has 0 aliphatic carbocycles. The number of aliphatic hydroxyl groups excluding tert-OH is 1. The monoisotopic (exact) mass is 513 g/mol. The van der Waals surface area contributed by atoms with Gasteiger partial charge in [0.2, 0.25) is 0 Å². The van der Waals surface area contributed by atoms with Crippen molar-refractivity contribution in [1.82, 2.24) is 10.2 Å². The number of ether oxygens (including phenoxy) is 2. The summed E-state index contributed by atoms with van der Waals surface area (Å²) in [5, 5.41) is 24.9. The van der Waals surface area contributed by atoms with Gasteiger partial charge in [-0.1, -0.05) is 43.3 Å². The van der Waals surface area contributed by atoms with Crippen LogP contribution in [0.2, 0.25) is 0 Å². The first-order valence-corrected chi connectivity index (χ1v) is 13.4. The molecule has 204 valence electrons. The number of carbonyl (C=O) groups excluding carboxylic acids is 1. The fraction of sp³-hybridized carbons (Fsp3) is 0.552. The molecule has 0 saturated carbocycles. The summed E-state index contributed by atoms with van der Waals surface area (Å²) in [6.45, 7) is 3.91. The first-order chi connectivity index (χ1) is 17.9. The van der Waals surface area contributed by atoms with Gasteiger partial charge < -0.3 is 35.6 Å². The van der Waals surface area contributed by atoms with Crippen LogP contribution in [0.15, 0.2) is 48.5 Å². The number of aryl methyl sites for hydroxylation is 1. The molecule has 0 unspecified atom stereocenters. The number of piperidine rings is 1. The van der Waals surface area contributed by atoms with E-state index in [1.54, 1.807) is 12.0 Å². The Kier molecular flexibility index (Phi) is 11.2. The summed E-state index contributed by atoms with van der Waals surface area (Å²) < 4.78 is 11.7. The number of hydrogen-bond donors (Lipinski definition) is 4. The van der Waals surface area contributed by atoms with E-state index in [9.17, 15) is 15.0 Å². The van der Waals surface area contributed by atoms with Crippen molar-refractivity contribution in [3.8, 4) is 11.5 Å². The third-order valence-electron chi connectivity index (χ3n) is 7.23. The number of benzene rings is 2. The van der Waals surface area contributed by atoms with E-state index in [0.717, 1.165) is 49.0 Å². The number of para-hydroxylation sites is 2. The topological polar surface area (TPSA) is 117 Å². The average Bonchev–Trinajstić information content (AvgIpc) is 2.94. The Morgan fingerprint density at radius 3 is 2.65 bits per heavy atom. The SMILES string of the molecule is CCc1ccccc1Oc1ccccc1[C@](O)(CCCCOC)[C@@H]1CCCN(C(=O)NC[C@@H](O)CN)C1. The van der Waals surface area contributed by atoms with Gasteiger partial charge >= 0.3 is 6.03 Å². The number of carbonyl (C=O) groups is 1. The molecule has 8 nitrogen and oxygen atoms in total. The van der Waals surface area contributed by atoms with E-state index in [4.69, 9.17) is 15.2 Å². The zero-order valence-corrected chi connectivity index (χ0v) is 22.2. The number of nitrogens with one attached hydrogen (secondary N) is 1. The Morgan fingerprint density at radius 1 is 1.19 bits per heavy atom. The van der Waals surface area contributed by atoms with Crippen LogP contribution < -0.4 is 15.8 Å². The van der Waals surface area contributed by atoms with Gasteiger partial charge in [0, 0.05) is 51.4 Å². The molecule has 0 aromatic heterocycles. The van der Waals surface area contributed by atoms with E-state index in [-0.39, 0.29) is 25.0 Å². The molecule has 5 N–H and O–H groups in total. The lowest BCUT2D eigenvalue weighted by Gasteiger charge is -2.43. The Labute approximate surface area is 220 Å². The summed E-state index contributed by atoms with van der Waals surface area (Å²) in [6.07, 6.45) is 3.75. The highest BCUT2D eigenvalue weighted by Crippen LogP contribution is 2.44. The molecule has 8 heteroatoms. The summed E-state index contributed by atoms with van der Waals surface area (Å²) in [6, 6.07) is 15.4. The average molecular weight is 514 g/mol. The Balaban J connectivity index is 1.89. The quantitative estimate of drug-likeness (QED) is 0.303. The van der Waals surface area contributed by atoms with E-state index >= 15 is 0 Å². The number of aliphatic hydroxyl groups is 2. The van der Waals surface area contributed by atoms with E-state index in [0.29, 0.717) is 31.9 Å². The molecule has 3 atom stereocenters. The van der Waals surface area contributed by atoms with Crippen molar-refractivity contribution >= 4 is 6.03 Å². The number of nitrogens with zero attached hydrogens (tertiary/aromatic N) is 1. The van der Waals surface area contributed by atoms with Crippen LogP contribution in [-0.2, 0) is 16.8 Å². The summed E-state index contributed by atoms with van der Waals surface area (Å²) in [7, 11) is 1.68. The largest absolute Gasteiger partial charge is 0.457 e. The molecule has 3 rings (SSSR count). The molecule has 1 saturated heterocycles. The molecular weight excluding hydrogens is 470 g/mol. The minimum atomic E-state index is -1.19. The molecule has 2 aromatic rings. The number of nitrogens with two attached hydrogens (primary N) is 1. The minimum Gasteiger partial charge on any atom is -0.457 e. The molecular formula is C29H43N3O5. The van der Waals surface area contributed by atoms with Gasteiger partial charge in [0.05, 0.1) is 11.7 Å². The van der Waals surface area contributed by atoms with Crippen molar-refractivity contribution in [2.75, 3.05) is 39.9 Å². The molecule has 0 bridgehead atoms. The molecule has 1 fully saturated rings. The molecule has 1 aliphatic rings. The maximum absolute atomic E-state index is 12.8. The van der Waals surface area contributed by atoms with Crippen LogP contribution in [0.25, 0.3) is 0 Å². The Morgan fingerprint density at radius 2 is 1.92 bits per heavy atom. The third kappa shape index (κ3) is 7.68. The lowest BCUT2D eigenvalue weighted by Crippen LogP contribution is -2.52. The first-order valence-electron chi connectivity index (χ1n) is 13.4. The van der Waals surface area contributed by atoms with Gasteiger partial charge in [0.25, 0.3) is 0 Å². The highest BCUT2D eigenvalue weighted by Gasteiger charge is 2.43. The van der Waals surface area contributed by atoms with Crippen molar-refractivity contribution in [2.45, 2.75) is 57.2 Å². The summed E-state index contributed by atoms with van der Waals surface area (Å²) >= 11 is 0. The van der Waals surface area contributed by atoms with Gasteiger partial charge in [-0.3, -0.25) is 0 Å². The number of rotatable bonds is 13. The Bertz CT molecular complexity index is 988. The number of hydrogen-bond acceptors (Lipinski definition) is 6. The fourth-order valence-electron chi connectivity index (χ4n) is 5.08. The van der Waals surface area contributed by atoms with Crippen molar-refractivity contribution in [2.24, 2.45) is 11.7 Å². The second kappa shape index (κ2) is 14.3. The predicted octanol–water partition coefficient (Wildman–Crippen LogP) is 3.79. The van der Waals surface area contributed by atoms with Crippen LogP contribution in [0.5, 0.6) is 11.5 Å². The Hall–Kier alpha value is -2.65. The van der Waals surface area contributed by atoms with Gasteiger partial charge in [0.15, 0.2) is 0 Å². The van der Waals surface area contributed by atoms with Gasteiger partial charge in [-0.05, 0) is 56.2 Å². The number of likely N-dealkylation sites (tertiary alicyclic amines) is 1. The lowest BCUT2D eigenvalue weighted by atomic mass is 9.73. The van der Waals surface area contributed by atoms with Gasteiger partial charge in [-0.15, -0.1) is 0 Å². The zero-order chi connectivity index (χ0) is 26.7. The van der Waals surface area contributed by atoms with Gasteiger partial charge in [-0.2, -0.15) is 0 Å². The van der Waals surface area contributed by atoms with E-state index in [1.165, 1.54) is 0 Å². The van der Waals surface area contributed by atoms with Crippen LogP contribution in [0.4, 0.5) is 4.79 Å². The minimum absolute atomic E-state index is 0.0854. The van der Waals surface area contributed by atoms with Crippen molar-refractivity contribution in [1.29, 1.82) is 0 Å². The maximum Gasteiger partial charge on any atom is 0.317 e. The summed E-state index contributed by atoms with van der Waals surface area (Å²) in [5.74, 6) is 1.23. The van der Waals surface area contributed by atoms with Crippen molar-refractivity contribution < 1.29 is 24.5 Å². The smallest absolute Gasteiger partial charge is 0.317 e. The number of amides is 2. The molecule has 2 amide bonds. The second-order valence-corrected chi connectivity index (χ2v) is 9.79.